The van der Waals surface area contributed by atoms with E-state index in [4.69, 9.17) is 11.0 Å². The number of carbonyl (C=O) groups is 1. The number of nitrogens with zero attached hydrogens (tertiary/aromatic N) is 2. The Morgan fingerprint density at radius 2 is 2.00 bits per heavy atom. The van der Waals surface area contributed by atoms with Gasteiger partial charge in [-0.2, -0.15) is 5.26 Å². The third kappa shape index (κ3) is 1.94. The van der Waals surface area contributed by atoms with Crippen LogP contribution in [0.2, 0.25) is 0 Å². The first-order chi connectivity index (χ1) is 9.70. The Balaban J connectivity index is 1.95. The fraction of sp³-hybridized carbons (Fsp3) is 0.125. The van der Waals surface area contributed by atoms with Crippen molar-refractivity contribution < 1.29 is 4.79 Å². The summed E-state index contributed by atoms with van der Waals surface area (Å²) in [7, 11) is 0. The summed E-state index contributed by atoms with van der Waals surface area (Å²) in [5, 5.41) is 8.92. The Bertz CT molecular complexity index is 718. The SMILES string of the molecule is N#Cc1cccc(CN2C(=O)C(N)c3ccccc32)c1. The molecule has 1 amide bonds. The van der Waals surface area contributed by atoms with E-state index in [1.807, 2.05) is 36.4 Å². The molecular weight excluding hydrogens is 250 g/mol. The molecule has 0 bridgehead atoms. The van der Waals surface area contributed by atoms with Crippen molar-refractivity contribution in [2.24, 2.45) is 5.73 Å². The summed E-state index contributed by atoms with van der Waals surface area (Å²) < 4.78 is 0. The Morgan fingerprint density at radius 1 is 1.20 bits per heavy atom. The highest BCUT2D eigenvalue weighted by atomic mass is 16.2. The molecule has 0 radical (unpaired) electrons. The van der Waals surface area contributed by atoms with Crippen molar-refractivity contribution in [3.63, 3.8) is 0 Å². The van der Waals surface area contributed by atoms with E-state index in [1.54, 1.807) is 17.0 Å². The predicted molar refractivity (Wildman–Crippen MR) is 75.7 cm³/mol. The summed E-state index contributed by atoms with van der Waals surface area (Å²) in [4.78, 5) is 13.9. The summed E-state index contributed by atoms with van der Waals surface area (Å²) in [6, 6.07) is 16.3. The molecule has 2 N–H and O–H groups in total. The number of hydrogen-bond donors (Lipinski definition) is 1. The van der Waals surface area contributed by atoms with Crippen molar-refractivity contribution in [2.45, 2.75) is 12.6 Å². The molecule has 0 saturated carbocycles. The smallest absolute Gasteiger partial charge is 0.248 e. The molecule has 1 unspecified atom stereocenters. The van der Waals surface area contributed by atoms with E-state index >= 15 is 0 Å². The molecule has 1 heterocycles. The zero-order valence-corrected chi connectivity index (χ0v) is 10.8. The van der Waals surface area contributed by atoms with Gasteiger partial charge < -0.3 is 10.6 Å². The monoisotopic (exact) mass is 263 g/mol. The maximum absolute atomic E-state index is 12.3. The maximum Gasteiger partial charge on any atom is 0.248 e. The van der Waals surface area contributed by atoms with Gasteiger partial charge in [0.05, 0.1) is 18.2 Å². The van der Waals surface area contributed by atoms with Crippen molar-refractivity contribution >= 4 is 11.6 Å². The number of anilines is 1. The molecule has 0 aromatic heterocycles. The number of rotatable bonds is 2. The Hall–Kier alpha value is -2.64. The highest BCUT2D eigenvalue weighted by Gasteiger charge is 2.34. The van der Waals surface area contributed by atoms with Crippen LogP contribution in [0, 0.1) is 11.3 Å². The minimum atomic E-state index is -0.592. The van der Waals surface area contributed by atoms with Gasteiger partial charge in [0.2, 0.25) is 5.91 Å². The standard InChI is InChI=1S/C16H13N3O/c17-9-11-4-3-5-12(8-11)10-19-14-7-2-1-6-13(14)15(18)16(19)20/h1-8,15H,10,18H2. The molecule has 1 aliphatic heterocycles. The fourth-order valence-electron chi connectivity index (χ4n) is 2.50. The minimum absolute atomic E-state index is 0.103. The average molecular weight is 263 g/mol. The number of benzene rings is 2. The van der Waals surface area contributed by atoms with Gasteiger partial charge in [-0.3, -0.25) is 4.79 Å². The number of carbonyl (C=O) groups excluding carboxylic acids is 1. The van der Waals surface area contributed by atoms with Crippen LogP contribution >= 0.6 is 0 Å². The van der Waals surface area contributed by atoms with E-state index < -0.39 is 6.04 Å². The van der Waals surface area contributed by atoms with E-state index in [0.717, 1.165) is 16.8 Å². The highest BCUT2D eigenvalue weighted by Crippen LogP contribution is 2.35. The predicted octanol–water partition coefficient (Wildman–Crippen LogP) is 2.10. The molecule has 1 aliphatic rings. The number of nitrogens with two attached hydrogens (primary N) is 1. The molecule has 0 saturated heterocycles. The third-order valence-electron chi connectivity index (χ3n) is 3.49. The van der Waals surface area contributed by atoms with Crippen molar-refractivity contribution in [3.05, 3.63) is 65.2 Å². The second-order valence-corrected chi connectivity index (χ2v) is 4.77. The van der Waals surface area contributed by atoms with Crippen LogP contribution in [0.3, 0.4) is 0 Å². The number of fused-ring (bicyclic) bond motifs is 1. The van der Waals surface area contributed by atoms with E-state index in [9.17, 15) is 4.79 Å². The van der Waals surface area contributed by atoms with Gasteiger partial charge in [-0.15, -0.1) is 0 Å². The van der Waals surface area contributed by atoms with Crippen LogP contribution in [-0.4, -0.2) is 5.91 Å². The lowest BCUT2D eigenvalue weighted by atomic mass is 10.1. The first kappa shape index (κ1) is 12.4. The largest absolute Gasteiger partial charge is 0.316 e. The first-order valence-corrected chi connectivity index (χ1v) is 6.35. The van der Waals surface area contributed by atoms with Gasteiger partial charge in [0.1, 0.15) is 6.04 Å². The van der Waals surface area contributed by atoms with Crippen LogP contribution in [0.15, 0.2) is 48.5 Å². The number of nitriles is 1. The highest BCUT2D eigenvalue weighted by molar-refractivity contribution is 6.04. The summed E-state index contributed by atoms with van der Waals surface area (Å²) in [5.74, 6) is -0.103. The van der Waals surface area contributed by atoms with Crippen LogP contribution in [-0.2, 0) is 11.3 Å². The van der Waals surface area contributed by atoms with Crippen molar-refractivity contribution in [3.8, 4) is 6.07 Å². The number of hydrogen-bond acceptors (Lipinski definition) is 3. The zero-order valence-electron chi connectivity index (χ0n) is 10.8. The Kier molecular flexibility index (Phi) is 2.97. The molecule has 4 heteroatoms. The van der Waals surface area contributed by atoms with Gasteiger partial charge in [-0.1, -0.05) is 30.3 Å². The Labute approximate surface area is 117 Å². The molecule has 98 valence electrons. The molecule has 1 atom stereocenters. The quantitative estimate of drug-likeness (QED) is 0.902. The molecule has 20 heavy (non-hydrogen) atoms. The van der Waals surface area contributed by atoms with E-state index in [0.29, 0.717) is 12.1 Å². The molecular formula is C16H13N3O. The first-order valence-electron chi connectivity index (χ1n) is 6.35. The molecule has 3 rings (SSSR count). The molecule has 0 fully saturated rings. The zero-order chi connectivity index (χ0) is 14.1. The number of para-hydroxylation sites is 1. The fourth-order valence-corrected chi connectivity index (χ4v) is 2.50. The molecule has 0 aliphatic carbocycles. The van der Waals surface area contributed by atoms with E-state index in [1.165, 1.54) is 0 Å². The van der Waals surface area contributed by atoms with Gasteiger partial charge in [-0.05, 0) is 23.8 Å². The molecule has 0 spiro atoms. The molecule has 2 aromatic rings. The maximum atomic E-state index is 12.3. The van der Waals surface area contributed by atoms with Crippen LogP contribution < -0.4 is 10.6 Å². The second kappa shape index (κ2) is 4.80. The van der Waals surface area contributed by atoms with Gasteiger partial charge in [0, 0.05) is 11.3 Å². The van der Waals surface area contributed by atoms with Crippen LogP contribution in [0.4, 0.5) is 5.69 Å². The van der Waals surface area contributed by atoms with E-state index in [2.05, 4.69) is 6.07 Å². The van der Waals surface area contributed by atoms with Gasteiger partial charge in [0.25, 0.3) is 0 Å². The van der Waals surface area contributed by atoms with Crippen molar-refractivity contribution in [1.29, 1.82) is 5.26 Å². The molecule has 4 nitrogen and oxygen atoms in total. The summed E-state index contributed by atoms with van der Waals surface area (Å²) in [5.41, 5.74) is 9.16. The van der Waals surface area contributed by atoms with E-state index in [-0.39, 0.29) is 5.91 Å². The van der Waals surface area contributed by atoms with Crippen LogP contribution in [0.5, 0.6) is 0 Å². The summed E-state index contributed by atoms with van der Waals surface area (Å²) >= 11 is 0. The van der Waals surface area contributed by atoms with Crippen molar-refractivity contribution in [2.75, 3.05) is 4.90 Å². The Morgan fingerprint density at radius 3 is 2.80 bits per heavy atom. The third-order valence-corrected chi connectivity index (χ3v) is 3.49. The van der Waals surface area contributed by atoms with Gasteiger partial charge in [0.15, 0.2) is 0 Å². The molecule has 2 aromatic carbocycles. The normalized spacial score (nSPS) is 16.9. The average Bonchev–Trinajstić information content (AvgIpc) is 2.73. The van der Waals surface area contributed by atoms with Crippen LogP contribution in [0.25, 0.3) is 0 Å². The second-order valence-electron chi connectivity index (χ2n) is 4.77. The van der Waals surface area contributed by atoms with Crippen LogP contribution in [0.1, 0.15) is 22.7 Å². The summed E-state index contributed by atoms with van der Waals surface area (Å²) in [6.07, 6.45) is 0. The minimum Gasteiger partial charge on any atom is -0.316 e. The van der Waals surface area contributed by atoms with Gasteiger partial charge >= 0.3 is 0 Å². The lowest BCUT2D eigenvalue weighted by Gasteiger charge is -2.17. The lowest BCUT2D eigenvalue weighted by Crippen LogP contribution is -2.31. The lowest BCUT2D eigenvalue weighted by molar-refractivity contribution is -0.119. The van der Waals surface area contributed by atoms with Gasteiger partial charge in [-0.25, -0.2) is 0 Å². The number of amides is 1. The van der Waals surface area contributed by atoms with Crippen molar-refractivity contribution in [1.82, 2.24) is 0 Å². The summed E-state index contributed by atoms with van der Waals surface area (Å²) in [6.45, 7) is 0.430. The topological polar surface area (TPSA) is 70.1 Å².